The zero-order chi connectivity index (χ0) is 20.3. The number of piperidine rings is 1. The van der Waals surface area contributed by atoms with Crippen molar-refractivity contribution >= 4 is 27.5 Å². The molecule has 3 rings (SSSR count). The topological polar surface area (TPSA) is 58.8 Å². The van der Waals surface area contributed by atoms with Crippen LogP contribution in [0, 0.1) is 6.92 Å². The fraction of sp³-hybridized carbons (Fsp3) is 0.409. The summed E-state index contributed by atoms with van der Waals surface area (Å²) in [4.78, 5) is 17.4. The molecule has 6 heteroatoms. The first-order valence-corrected chi connectivity index (χ1v) is 10.4. The van der Waals surface area contributed by atoms with Gasteiger partial charge < -0.3 is 15.4 Å². The molecule has 1 heterocycles. The van der Waals surface area contributed by atoms with Crippen molar-refractivity contribution < 1.29 is 9.53 Å². The number of halogens is 1. The van der Waals surface area contributed by atoms with Crippen LogP contribution in [0.15, 0.2) is 40.9 Å². The standard InChI is InChI=1S/C22H28BrN3O2/c1-15-4-6-16(7-5-15)14-26-10-8-17(9-11-26)25(2)22(27)18-12-19(23)20(24)13-21(18)28-3/h4-7,12-13,17H,8-11,14,24H2,1-3H3. The number of aryl methyl sites for hydroxylation is 1. The first-order chi connectivity index (χ1) is 13.4. The van der Waals surface area contributed by atoms with Crippen molar-refractivity contribution in [3.63, 3.8) is 0 Å². The summed E-state index contributed by atoms with van der Waals surface area (Å²) < 4.78 is 6.08. The fourth-order valence-corrected chi connectivity index (χ4v) is 4.02. The third-order valence-corrected chi connectivity index (χ3v) is 6.19. The average molecular weight is 446 g/mol. The fourth-order valence-electron chi connectivity index (χ4n) is 3.68. The summed E-state index contributed by atoms with van der Waals surface area (Å²) in [5, 5.41) is 0. The maximum absolute atomic E-state index is 13.1. The van der Waals surface area contributed by atoms with Crippen LogP contribution in [0.2, 0.25) is 0 Å². The third-order valence-electron chi connectivity index (χ3n) is 5.50. The molecule has 2 aromatic carbocycles. The summed E-state index contributed by atoms with van der Waals surface area (Å²) >= 11 is 3.41. The molecule has 0 radical (unpaired) electrons. The Morgan fingerprint density at radius 1 is 1.25 bits per heavy atom. The van der Waals surface area contributed by atoms with Gasteiger partial charge in [0, 0.05) is 49.0 Å². The monoisotopic (exact) mass is 445 g/mol. The molecule has 0 saturated carbocycles. The van der Waals surface area contributed by atoms with E-state index in [2.05, 4.69) is 52.0 Å². The molecular weight excluding hydrogens is 418 g/mol. The number of methoxy groups -OCH3 is 1. The van der Waals surface area contributed by atoms with Crippen LogP contribution in [0.1, 0.15) is 34.3 Å². The minimum atomic E-state index is -0.0328. The van der Waals surface area contributed by atoms with E-state index in [1.807, 2.05) is 11.9 Å². The molecule has 150 valence electrons. The predicted octanol–water partition coefficient (Wildman–Crippen LogP) is 4.08. The molecule has 1 aliphatic rings. The number of benzene rings is 2. The maximum Gasteiger partial charge on any atom is 0.257 e. The van der Waals surface area contributed by atoms with Crippen molar-refractivity contribution in [3.05, 3.63) is 57.6 Å². The zero-order valence-electron chi connectivity index (χ0n) is 16.7. The highest BCUT2D eigenvalue weighted by Crippen LogP contribution is 2.31. The van der Waals surface area contributed by atoms with Gasteiger partial charge in [0.25, 0.3) is 5.91 Å². The van der Waals surface area contributed by atoms with Gasteiger partial charge >= 0.3 is 0 Å². The predicted molar refractivity (Wildman–Crippen MR) is 117 cm³/mol. The number of amides is 1. The van der Waals surface area contributed by atoms with Gasteiger partial charge in [-0.15, -0.1) is 0 Å². The second-order valence-electron chi connectivity index (χ2n) is 7.48. The summed E-state index contributed by atoms with van der Waals surface area (Å²) in [6, 6.07) is 12.4. The minimum Gasteiger partial charge on any atom is -0.496 e. The number of carbonyl (C=O) groups is 1. The molecule has 0 unspecified atom stereocenters. The first kappa shape index (κ1) is 20.7. The van der Waals surface area contributed by atoms with Gasteiger partial charge in [-0.2, -0.15) is 0 Å². The number of anilines is 1. The van der Waals surface area contributed by atoms with Crippen LogP contribution < -0.4 is 10.5 Å². The van der Waals surface area contributed by atoms with Crippen LogP contribution in [0.4, 0.5) is 5.69 Å². The van der Waals surface area contributed by atoms with E-state index < -0.39 is 0 Å². The van der Waals surface area contributed by atoms with E-state index in [-0.39, 0.29) is 11.9 Å². The second-order valence-corrected chi connectivity index (χ2v) is 8.34. The van der Waals surface area contributed by atoms with Gasteiger partial charge in [-0.05, 0) is 47.3 Å². The zero-order valence-corrected chi connectivity index (χ0v) is 18.3. The highest BCUT2D eigenvalue weighted by atomic mass is 79.9. The van der Waals surface area contributed by atoms with E-state index in [4.69, 9.17) is 10.5 Å². The lowest BCUT2D eigenvalue weighted by Gasteiger charge is -2.37. The first-order valence-electron chi connectivity index (χ1n) is 9.57. The molecule has 0 spiro atoms. The Bertz CT molecular complexity index is 830. The molecule has 2 aromatic rings. The van der Waals surface area contributed by atoms with Crippen molar-refractivity contribution in [1.29, 1.82) is 0 Å². The van der Waals surface area contributed by atoms with Gasteiger partial charge in [-0.1, -0.05) is 29.8 Å². The summed E-state index contributed by atoms with van der Waals surface area (Å²) in [7, 11) is 3.44. The van der Waals surface area contributed by atoms with E-state index >= 15 is 0 Å². The molecule has 0 bridgehead atoms. The summed E-state index contributed by atoms with van der Waals surface area (Å²) in [6.07, 6.45) is 1.93. The molecule has 1 aliphatic heterocycles. The Kier molecular flexibility index (Phi) is 6.62. The summed E-state index contributed by atoms with van der Waals surface area (Å²) in [6.45, 7) is 5.04. The normalized spacial score (nSPS) is 15.4. The van der Waals surface area contributed by atoms with Gasteiger partial charge in [0.1, 0.15) is 5.75 Å². The van der Waals surface area contributed by atoms with E-state index in [1.165, 1.54) is 11.1 Å². The lowest BCUT2D eigenvalue weighted by molar-refractivity contribution is 0.0633. The quantitative estimate of drug-likeness (QED) is 0.704. The molecule has 0 atom stereocenters. The number of ether oxygens (including phenoxy) is 1. The van der Waals surface area contributed by atoms with Crippen molar-refractivity contribution in [2.75, 3.05) is 33.0 Å². The number of hydrogen-bond donors (Lipinski definition) is 1. The highest BCUT2D eigenvalue weighted by Gasteiger charge is 2.28. The minimum absolute atomic E-state index is 0.0328. The molecule has 2 N–H and O–H groups in total. The van der Waals surface area contributed by atoms with Crippen molar-refractivity contribution in [2.24, 2.45) is 0 Å². The lowest BCUT2D eigenvalue weighted by atomic mass is 10.0. The Morgan fingerprint density at radius 3 is 2.50 bits per heavy atom. The number of rotatable bonds is 5. The molecule has 5 nitrogen and oxygen atoms in total. The Labute approximate surface area is 175 Å². The van der Waals surface area contributed by atoms with Crippen LogP contribution >= 0.6 is 15.9 Å². The summed E-state index contributed by atoms with van der Waals surface area (Å²) in [5.41, 5.74) is 9.63. The Morgan fingerprint density at radius 2 is 1.89 bits per heavy atom. The van der Waals surface area contributed by atoms with Crippen LogP contribution in [0.25, 0.3) is 0 Å². The van der Waals surface area contributed by atoms with Crippen LogP contribution in [0.3, 0.4) is 0 Å². The molecular formula is C22H28BrN3O2. The van der Waals surface area contributed by atoms with Crippen molar-refractivity contribution in [2.45, 2.75) is 32.4 Å². The van der Waals surface area contributed by atoms with E-state index in [1.54, 1.807) is 19.2 Å². The Hall–Kier alpha value is -2.05. The highest BCUT2D eigenvalue weighted by molar-refractivity contribution is 9.10. The number of carbonyl (C=O) groups excluding carboxylic acids is 1. The largest absolute Gasteiger partial charge is 0.496 e. The van der Waals surface area contributed by atoms with Crippen LogP contribution in [-0.4, -0.2) is 49.0 Å². The van der Waals surface area contributed by atoms with E-state index in [0.29, 0.717) is 21.5 Å². The van der Waals surface area contributed by atoms with E-state index in [0.717, 1.165) is 32.5 Å². The number of likely N-dealkylation sites (tertiary alicyclic amines) is 1. The van der Waals surface area contributed by atoms with Crippen LogP contribution in [-0.2, 0) is 6.54 Å². The van der Waals surface area contributed by atoms with Gasteiger partial charge in [-0.3, -0.25) is 9.69 Å². The summed E-state index contributed by atoms with van der Waals surface area (Å²) in [5.74, 6) is 0.476. The number of nitrogen functional groups attached to an aromatic ring is 1. The number of hydrogen-bond acceptors (Lipinski definition) is 4. The molecule has 28 heavy (non-hydrogen) atoms. The molecule has 1 fully saturated rings. The molecule has 1 saturated heterocycles. The van der Waals surface area contributed by atoms with E-state index in [9.17, 15) is 4.79 Å². The van der Waals surface area contributed by atoms with Crippen LogP contribution in [0.5, 0.6) is 5.75 Å². The molecule has 1 amide bonds. The third kappa shape index (κ3) is 4.67. The SMILES string of the molecule is COc1cc(N)c(Br)cc1C(=O)N(C)C1CCN(Cc2ccc(C)cc2)CC1. The van der Waals surface area contributed by atoms with Crippen molar-refractivity contribution in [3.8, 4) is 5.75 Å². The van der Waals surface area contributed by atoms with Gasteiger partial charge in [0.05, 0.1) is 12.7 Å². The van der Waals surface area contributed by atoms with Gasteiger partial charge in [0.2, 0.25) is 0 Å². The van der Waals surface area contributed by atoms with Gasteiger partial charge in [-0.25, -0.2) is 0 Å². The maximum atomic E-state index is 13.1. The smallest absolute Gasteiger partial charge is 0.257 e. The molecule has 0 aromatic heterocycles. The average Bonchev–Trinajstić information content (AvgIpc) is 2.71. The Balaban J connectivity index is 1.62. The second kappa shape index (κ2) is 8.97. The number of nitrogens with two attached hydrogens (primary N) is 1. The number of nitrogens with zero attached hydrogens (tertiary/aromatic N) is 2. The van der Waals surface area contributed by atoms with Gasteiger partial charge in [0.15, 0.2) is 0 Å². The molecule has 0 aliphatic carbocycles. The van der Waals surface area contributed by atoms with Crippen molar-refractivity contribution in [1.82, 2.24) is 9.80 Å². The lowest BCUT2D eigenvalue weighted by Crippen LogP contribution is -2.45.